The summed E-state index contributed by atoms with van der Waals surface area (Å²) in [7, 11) is 1.59. The van der Waals surface area contributed by atoms with E-state index in [1.807, 2.05) is 12.1 Å². The number of methoxy groups -OCH3 is 1. The van der Waals surface area contributed by atoms with Gasteiger partial charge < -0.3 is 15.0 Å². The third-order valence-corrected chi connectivity index (χ3v) is 5.83. The van der Waals surface area contributed by atoms with Crippen molar-refractivity contribution in [2.45, 2.75) is 12.6 Å². The van der Waals surface area contributed by atoms with Gasteiger partial charge in [0.2, 0.25) is 5.91 Å². The molecule has 0 aliphatic carbocycles. The monoisotopic (exact) mass is 423 g/mol. The average Bonchev–Trinajstić information content (AvgIpc) is 3.46. The first-order valence-corrected chi connectivity index (χ1v) is 10.5. The lowest BCUT2D eigenvalue weighted by molar-refractivity contribution is -0.119. The quantitative estimate of drug-likeness (QED) is 0.655. The molecule has 30 heavy (non-hydrogen) atoms. The first-order valence-electron chi connectivity index (χ1n) is 9.39. The second kappa shape index (κ2) is 9.00. The molecule has 1 N–H and O–H groups in total. The summed E-state index contributed by atoms with van der Waals surface area (Å²) in [5, 5.41) is 6.97. The fraction of sp³-hybridized carbons (Fsp3) is 0.238. The average molecular weight is 423 g/mol. The van der Waals surface area contributed by atoms with Crippen molar-refractivity contribution < 1.29 is 14.3 Å². The van der Waals surface area contributed by atoms with Gasteiger partial charge in [-0.25, -0.2) is 9.67 Å². The van der Waals surface area contributed by atoms with E-state index in [0.717, 1.165) is 5.56 Å². The molecular weight excluding hydrogens is 402 g/mol. The molecule has 8 nitrogen and oxygen atoms in total. The lowest BCUT2D eigenvalue weighted by Crippen LogP contribution is -2.44. The molecule has 0 radical (unpaired) electrons. The SMILES string of the molecule is COc1ccc(NC(=O)C2CSCN2C(=O)c2ccc(Cn3cncn3)cc2)cc1. The van der Waals surface area contributed by atoms with Crippen LogP contribution in [0.15, 0.2) is 61.2 Å². The summed E-state index contributed by atoms with van der Waals surface area (Å²) in [5.41, 5.74) is 2.24. The Labute approximate surface area is 178 Å². The molecule has 0 bridgehead atoms. The largest absolute Gasteiger partial charge is 0.497 e. The molecule has 1 fully saturated rings. The Kier molecular flexibility index (Phi) is 5.99. The van der Waals surface area contributed by atoms with E-state index in [1.54, 1.807) is 71.2 Å². The summed E-state index contributed by atoms with van der Waals surface area (Å²) in [6, 6.07) is 14.0. The van der Waals surface area contributed by atoms with E-state index in [-0.39, 0.29) is 11.8 Å². The zero-order chi connectivity index (χ0) is 20.9. The maximum atomic E-state index is 13.0. The number of nitrogens with one attached hydrogen (secondary N) is 1. The molecule has 9 heteroatoms. The minimum Gasteiger partial charge on any atom is -0.497 e. The number of anilines is 1. The molecular formula is C21H21N5O3S. The summed E-state index contributed by atoms with van der Waals surface area (Å²) in [4.78, 5) is 31.3. The topological polar surface area (TPSA) is 89.4 Å². The molecule has 154 valence electrons. The molecule has 1 saturated heterocycles. The molecule has 2 aromatic carbocycles. The highest BCUT2D eigenvalue weighted by molar-refractivity contribution is 7.99. The smallest absolute Gasteiger partial charge is 0.255 e. The normalized spacial score (nSPS) is 15.8. The van der Waals surface area contributed by atoms with Crippen LogP contribution in [0.25, 0.3) is 0 Å². The van der Waals surface area contributed by atoms with E-state index in [4.69, 9.17) is 4.74 Å². The third kappa shape index (κ3) is 4.46. The lowest BCUT2D eigenvalue weighted by Gasteiger charge is -2.23. The van der Waals surface area contributed by atoms with Crippen LogP contribution < -0.4 is 10.1 Å². The summed E-state index contributed by atoms with van der Waals surface area (Å²) >= 11 is 1.57. The Bertz CT molecular complexity index is 1010. The van der Waals surface area contributed by atoms with Crippen molar-refractivity contribution in [2.75, 3.05) is 24.1 Å². The number of hydrogen-bond donors (Lipinski definition) is 1. The highest BCUT2D eigenvalue weighted by atomic mass is 32.2. The fourth-order valence-electron chi connectivity index (χ4n) is 3.18. The minimum atomic E-state index is -0.514. The van der Waals surface area contributed by atoms with Crippen molar-refractivity contribution in [1.82, 2.24) is 19.7 Å². The highest BCUT2D eigenvalue weighted by Gasteiger charge is 2.35. The molecule has 4 rings (SSSR count). The van der Waals surface area contributed by atoms with E-state index in [1.165, 1.54) is 6.33 Å². The lowest BCUT2D eigenvalue weighted by atomic mass is 10.1. The van der Waals surface area contributed by atoms with Crippen molar-refractivity contribution in [2.24, 2.45) is 0 Å². The molecule has 0 spiro atoms. The predicted molar refractivity (Wildman–Crippen MR) is 114 cm³/mol. The number of carbonyl (C=O) groups excluding carboxylic acids is 2. The van der Waals surface area contributed by atoms with E-state index >= 15 is 0 Å². The van der Waals surface area contributed by atoms with Crippen molar-refractivity contribution in [3.05, 3.63) is 72.3 Å². The highest BCUT2D eigenvalue weighted by Crippen LogP contribution is 2.25. The summed E-state index contributed by atoms with van der Waals surface area (Å²) in [5.74, 6) is 1.43. The second-order valence-electron chi connectivity index (χ2n) is 6.80. The van der Waals surface area contributed by atoms with Crippen LogP contribution in [0.3, 0.4) is 0 Å². The summed E-state index contributed by atoms with van der Waals surface area (Å²) in [6.07, 6.45) is 3.13. The Hall–Kier alpha value is -3.33. The number of carbonyl (C=O) groups is 2. The van der Waals surface area contributed by atoms with Gasteiger partial charge >= 0.3 is 0 Å². The van der Waals surface area contributed by atoms with Crippen LogP contribution in [0.4, 0.5) is 5.69 Å². The Morgan fingerprint density at radius 2 is 1.93 bits per heavy atom. The summed E-state index contributed by atoms with van der Waals surface area (Å²) in [6.45, 7) is 0.584. The van der Waals surface area contributed by atoms with Gasteiger partial charge in [-0.05, 0) is 42.0 Å². The number of amides is 2. The predicted octanol–water partition coefficient (Wildman–Crippen LogP) is 2.49. The standard InChI is InChI=1S/C21H21N5O3S/c1-29-18-8-6-17(7-9-18)24-20(27)19-11-30-14-26(19)21(28)16-4-2-15(3-5-16)10-25-13-22-12-23-25/h2-9,12-13,19H,10-11,14H2,1H3,(H,24,27). The second-order valence-corrected chi connectivity index (χ2v) is 7.80. The molecule has 2 amide bonds. The van der Waals surface area contributed by atoms with Crippen molar-refractivity contribution in [1.29, 1.82) is 0 Å². The number of hydrogen-bond acceptors (Lipinski definition) is 6. The van der Waals surface area contributed by atoms with Crippen LogP contribution in [0.1, 0.15) is 15.9 Å². The van der Waals surface area contributed by atoms with Crippen LogP contribution in [-0.4, -0.2) is 56.3 Å². The van der Waals surface area contributed by atoms with Gasteiger partial charge in [0.05, 0.1) is 19.5 Å². The van der Waals surface area contributed by atoms with Crippen LogP contribution >= 0.6 is 11.8 Å². The van der Waals surface area contributed by atoms with Crippen molar-refractivity contribution in [3.63, 3.8) is 0 Å². The van der Waals surface area contributed by atoms with Gasteiger partial charge in [0.15, 0.2) is 0 Å². The molecule has 0 saturated carbocycles. The Morgan fingerprint density at radius 1 is 1.17 bits per heavy atom. The molecule has 2 heterocycles. The van der Waals surface area contributed by atoms with E-state index < -0.39 is 6.04 Å². The van der Waals surface area contributed by atoms with Crippen LogP contribution in [0.5, 0.6) is 5.75 Å². The van der Waals surface area contributed by atoms with E-state index in [0.29, 0.717) is 35.2 Å². The van der Waals surface area contributed by atoms with Gasteiger partial charge in [0, 0.05) is 17.0 Å². The van der Waals surface area contributed by atoms with Gasteiger partial charge in [-0.3, -0.25) is 9.59 Å². The van der Waals surface area contributed by atoms with Gasteiger partial charge in [-0.2, -0.15) is 5.10 Å². The zero-order valence-corrected chi connectivity index (χ0v) is 17.2. The number of nitrogens with zero attached hydrogens (tertiary/aromatic N) is 4. The van der Waals surface area contributed by atoms with Crippen molar-refractivity contribution >= 4 is 29.3 Å². The van der Waals surface area contributed by atoms with Crippen LogP contribution in [0, 0.1) is 0 Å². The summed E-state index contributed by atoms with van der Waals surface area (Å²) < 4.78 is 6.85. The Morgan fingerprint density at radius 3 is 2.60 bits per heavy atom. The van der Waals surface area contributed by atoms with E-state index in [2.05, 4.69) is 15.4 Å². The minimum absolute atomic E-state index is 0.151. The number of benzene rings is 2. The van der Waals surface area contributed by atoms with Gasteiger partial charge in [-0.15, -0.1) is 11.8 Å². The number of rotatable bonds is 6. The molecule has 1 aliphatic heterocycles. The van der Waals surface area contributed by atoms with E-state index in [9.17, 15) is 9.59 Å². The number of thioether (sulfide) groups is 1. The Balaban J connectivity index is 1.41. The number of ether oxygens (including phenoxy) is 1. The maximum Gasteiger partial charge on any atom is 0.255 e. The van der Waals surface area contributed by atoms with Gasteiger partial charge in [0.1, 0.15) is 24.4 Å². The van der Waals surface area contributed by atoms with Gasteiger partial charge in [-0.1, -0.05) is 12.1 Å². The fourth-order valence-corrected chi connectivity index (χ4v) is 4.33. The molecule has 3 aromatic rings. The number of aromatic nitrogens is 3. The van der Waals surface area contributed by atoms with Crippen LogP contribution in [-0.2, 0) is 11.3 Å². The third-order valence-electron chi connectivity index (χ3n) is 4.82. The molecule has 1 aromatic heterocycles. The first-order chi connectivity index (χ1) is 14.6. The molecule has 1 unspecified atom stereocenters. The van der Waals surface area contributed by atoms with Crippen LogP contribution in [0.2, 0.25) is 0 Å². The molecule has 1 aliphatic rings. The maximum absolute atomic E-state index is 13.0. The zero-order valence-electron chi connectivity index (χ0n) is 16.4. The molecule has 1 atom stereocenters. The van der Waals surface area contributed by atoms with Crippen molar-refractivity contribution in [3.8, 4) is 5.75 Å². The van der Waals surface area contributed by atoms with Gasteiger partial charge in [0.25, 0.3) is 5.91 Å². The first kappa shape index (κ1) is 20.0.